The number of hydrogen-bond acceptors (Lipinski definition) is 2. The van der Waals surface area contributed by atoms with E-state index >= 15 is 0 Å². The van der Waals surface area contributed by atoms with Crippen LogP contribution in [0.5, 0.6) is 0 Å². The third-order valence-electron chi connectivity index (χ3n) is 2.59. The Balaban J connectivity index is 2.45. The van der Waals surface area contributed by atoms with Crippen molar-refractivity contribution >= 4 is 17.6 Å². The lowest BCUT2D eigenvalue weighted by molar-refractivity contribution is -0.138. The van der Waals surface area contributed by atoms with E-state index in [9.17, 15) is 4.79 Å². The molecular formula is C10H16ClNO2. The molecule has 0 aromatic heterocycles. The summed E-state index contributed by atoms with van der Waals surface area (Å²) in [6, 6.07) is 0.189. The van der Waals surface area contributed by atoms with Crippen molar-refractivity contribution in [1.29, 1.82) is 0 Å². The maximum absolute atomic E-state index is 10.6. The zero-order valence-electron chi connectivity index (χ0n) is 8.16. The minimum Gasteiger partial charge on any atom is -0.481 e. The minimum absolute atomic E-state index is 0.189. The fourth-order valence-electron chi connectivity index (χ4n) is 1.91. The maximum Gasteiger partial charge on any atom is 0.304 e. The van der Waals surface area contributed by atoms with Crippen LogP contribution in [0.2, 0.25) is 0 Å². The summed E-state index contributed by atoms with van der Waals surface area (Å²) in [6.45, 7) is 1.75. The first-order valence-corrected chi connectivity index (χ1v) is 5.38. The molecule has 0 saturated carbocycles. The summed E-state index contributed by atoms with van der Waals surface area (Å²) in [5, 5.41) is 8.74. The summed E-state index contributed by atoms with van der Waals surface area (Å²) in [6.07, 6.45) is 5.39. The summed E-state index contributed by atoms with van der Waals surface area (Å²) in [7, 11) is 0. The van der Waals surface area contributed by atoms with Crippen LogP contribution in [-0.4, -0.2) is 35.1 Å². The second kappa shape index (κ2) is 6.04. The molecule has 0 spiro atoms. The number of piperidine rings is 1. The van der Waals surface area contributed by atoms with Gasteiger partial charge in [0.15, 0.2) is 0 Å². The van der Waals surface area contributed by atoms with Gasteiger partial charge in [0.1, 0.15) is 0 Å². The monoisotopic (exact) mass is 217 g/mol. The third kappa shape index (κ3) is 3.68. The van der Waals surface area contributed by atoms with Gasteiger partial charge in [-0.2, -0.15) is 0 Å². The molecule has 14 heavy (non-hydrogen) atoms. The van der Waals surface area contributed by atoms with Crippen LogP contribution in [0.25, 0.3) is 0 Å². The van der Waals surface area contributed by atoms with Gasteiger partial charge in [-0.25, -0.2) is 0 Å². The molecule has 1 atom stereocenters. The standard InChI is InChI=1S/C10H16ClNO2/c11-5-3-7-12-6-2-1-4-9(12)8-10(13)14/h3,5,9H,1-2,4,6-8H2,(H,13,14)/b5-3+. The molecule has 1 aliphatic rings. The van der Waals surface area contributed by atoms with E-state index in [2.05, 4.69) is 4.90 Å². The fourth-order valence-corrected chi connectivity index (χ4v) is 1.99. The first-order valence-electron chi connectivity index (χ1n) is 4.95. The Morgan fingerprint density at radius 1 is 1.57 bits per heavy atom. The number of carboxylic acid groups (broad SMARTS) is 1. The summed E-state index contributed by atoms with van der Waals surface area (Å²) in [5.74, 6) is -0.711. The van der Waals surface area contributed by atoms with Crippen molar-refractivity contribution in [2.75, 3.05) is 13.1 Å². The molecule has 1 fully saturated rings. The largest absolute Gasteiger partial charge is 0.481 e. The van der Waals surface area contributed by atoms with E-state index in [0.29, 0.717) is 0 Å². The van der Waals surface area contributed by atoms with Gasteiger partial charge in [0.2, 0.25) is 0 Å². The molecule has 1 saturated heterocycles. The predicted octanol–water partition coefficient (Wildman–Crippen LogP) is 2.07. The Kier molecular flexibility index (Phi) is 4.98. The average Bonchev–Trinajstić information content (AvgIpc) is 2.16. The topological polar surface area (TPSA) is 40.5 Å². The van der Waals surface area contributed by atoms with Crippen molar-refractivity contribution < 1.29 is 9.90 Å². The highest BCUT2D eigenvalue weighted by atomic mass is 35.5. The van der Waals surface area contributed by atoms with Gasteiger partial charge in [-0.1, -0.05) is 24.1 Å². The van der Waals surface area contributed by atoms with Crippen molar-refractivity contribution in [3.63, 3.8) is 0 Å². The summed E-state index contributed by atoms with van der Waals surface area (Å²) >= 11 is 5.45. The number of likely N-dealkylation sites (tertiary alicyclic amines) is 1. The lowest BCUT2D eigenvalue weighted by Crippen LogP contribution is -2.40. The third-order valence-corrected chi connectivity index (χ3v) is 2.77. The highest BCUT2D eigenvalue weighted by Crippen LogP contribution is 2.19. The number of rotatable bonds is 4. The lowest BCUT2D eigenvalue weighted by Gasteiger charge is -2.33. The molecule has 4 heteroatoms. The molecule has 1 N–H and O–H groups in total. The number of hydrogen-bond donors (Lipinski definition) is 1. The highest BCUT2D eigenvalue weighted by Gasteiger charge is 2.23. The van der Waals surface area contributed by atoms with Crippen LogP contribution in [0.1, 0.15) is 25.7 Å². The van der Waals surface area contributed by atoms with Gasteiger partial charge in [0.05, 0.1) is 6.42 Å². The summed E-state index contributed by atoms with van der Waals surface area (Å²) in [4.78, 5) is 12.8. The second-order valence-electron chi connectivity index (χ2n) is 3.60. The van der Waals surface area contributed by atoms with Gasteiger partial charge in [-0.3, -0.25) is 9.69 Å². The maximum atomic E-state index is 10.6. The Hall–Kier alpha value is -0.540. The van der Waals surface area contributed by atoms with E-state index < -0.39 is 5.97 Å². The van der Waals surface area contributed by atoms with Crippen LogP contribution in [0, 0.1) is 0 Å². The molecule has 3 nitrogen and oxygen atoms in total. The molecule has 1 rings (SSSR count). The lowest BCUT2D eigenvalue weighted by atomic mass is 9.99. The molecule has 0 amide bonds. The van der Waals surface area contributed by atoms with Crippen LogP contribution in [-0.2, 0) is 4.79 Å². The van der Waals surface area contributed by atoms with Crippen molar-refractivity contribution in [2.24, 2.45) is 0 Å². The van der Waals surface area contributed by atoms with E-state index in [1.54, 1.807) is 0 Å². The normalized spacial score (nSPS) is 24.2. The smallest absolute Gasteiger partial charge is 0.304 e. The van der Waals surface area contributed by atoms with Gasteiger partial charge < -0.3 is 5.11 Å². The van der Waals surface area contributed by atoms with Crippen molar-refractivity contribution in [2.45, 2.75) is 31.7 Å². The second-order valence-corrected chi connectivity index (χ2v) is 3.86. The van der Waals surface area contributed by atoms with Crippen LogP contribution in [0.15, 0.2) is 11.6 Å². The Morgan fingerprint density at radius 3 is 3.00 bits per heavy atom. The molecular weight excluding hydrogens is 202 g/mol. The molecule has 80 valence electrons. The molecule has 0 aromatic carbocycles. The number of nitrogens with zero attached hydrogens (tertiary/aromatic N) is 1. The first-order chi connectivity index (χ1) is 6.74. The zero-order chi connectivity index (χ0) is 10.4. The summed E-state index contributed by atoms with van der Waals surface area (Å²) < 4.78 is 0. The number of aliphatic carboxylic acids is 1. The predicted molar refractivity (Wildman–Crippen MR) is 56.5 cm³/mol. The van der Waals surface area contributed by atoms with E-state index in [4.69, 9.17) is 16.7 Å². The zero-order valence-corrected chi connectivity index (χ0v) is 8.91. The van der Waals surface area contributed by atoms with Crippen LogP contribution in [0.4, 0.5) is 0 Å². The van der Waals surface area contributed by atoms with Crippen LogP contribution < -0.4 is 0 Å². The molecule has 0 aliphatic carbocycles. The van der Waals surface area contributed by atoms with E-state index in [1.165, 1.54) is 5.54 Å². The Bertz CT molecular complexity index is 218. The Morgan fingerprint density at radius 2 is 2.36 bits per heavy atom. The molecule has 1 heterocycles. The fraction of sp³-hybridized carbons (Fsp3) is 0.700. The van der Waals surface area contributed by atoms with Gasteiger partial charge in [-0.15, -0.1) is 0 Å². The summed E-state index contributed by atoms with van der Waals surface area (Å²) in [5.41, 5.74) is 1.49. The highest BCUT2D eigenvalue weighted by molar-refractivity contribution is 6.25. The van der Waals surface area contributed by atoms with E-state index in [1.807, 2.05) is 6.08 Å². The van der Waals surface area contributed by atoms with Crippen molar-refractivity contribution in [1.82, 2.24) is 4.90 Å². The van der Waals surface area contributed by atoms with Gasteiger partial charge in [-0.05, 0) is 19.4 Å². The Labute approximate surface area is 89.3 Å². The molecule has 1 unspecified atom stereocenters. The van der Waals surface area contributed by atoms with Crippen LogP contribution >= 0.6 is 11.6 Å². The molecule has 0 radical (unpaired) electrons. The quantitative estimate of drug-likeness (QED) is 0.784. The van der Waals surface area contributed by atoms with Gasteiger partial charge in [0, 0.05) is 18.1 Å². The van der Waals surface area contributed by atoms with Crippen molar-refractivity contribution in [3.8, 4) is 0 Å². The molecule has 0 aromatic rings. The number of carboxylic acids is 1. The molecule has 0 bridgehead atoms. The van der Waals surface area contributed by atoms with Gasteiger partial charge >= 0.3 is 5.97 Å². The van der Waals surface area contributed by atoms with Gasteiger partial charge in [0.25, 0.3) is 0 Å². The van der Waals surface area contributed by atoms with E-state index in [0.717, 1.165) is 32.4 Å². The van der Waals surface area contributed by atoms with Crippen molar-refractivity contribution in [3.05, 3.63) is 11.6 Å². The SMILES string of the molecule is O=C(O)CC1CCCCN1C/C=C/Cl. The average molecular weight is 218 g/mol. The first kappa shape index (κ1) is 11.5. The van der Waals surface area contributed by atoms with E-state index in [-0.39, 0.29) is 12.5 Å². The number of carbonyl (C=O) groups is 1. The minimum atomic E-state index is -0.711. The number of halogens is 1. The van der Waals surface area contributed by atoms with Crippen LogP contribution in [0.3, 0.4) is 0 Å². The molecule has 1 aliphatic heterocycles.